The number of halogens is 1. The standard InChI is InChI=1S/C9H10BrN3/c1-4-9(2,3)13-8-5-7(10)11-6-12-8/h1,5-6H,2-3H3,(H,11,12,13). The van der Waals surface area contributed by atoms with E-state index in [1.165, 1.54) is 6.33 Å². The molecule has 1 aromatic heterocycles. The van der Waals surface area contributed by atoms with Gasteiger partial charge in [-0.2, -0.15) is 0 Å². The fourth-order valence-electron chi connectivity index (χ4n) is 0.758. The highest BCUT2D eigenvalue weighted by molar-refractivity contribution is 9.10. The lowest BCUT2D eigenvalue weighted by atomic mass is 10.1. The van der Waals surface area contributed by atoms with Crippen molar-refractivity contribution in [3.8, 4) is 12.3 Å². The van der Waals surface area contributed by atoms with Gasteiger partial charge in [0.2, 0.25) is 0 Å². The van der Waals surface area contributed by atoms with E-state index in [0.717, 1.165) is 4.60 Å². The van der Waals surface area contributed by atoms with Gasteiger partial charge in [-0.3, -0.25) is 0 Å². The minimum atomic E-state index is -0.395. The highest BCUT2D eigenvalue weighted by Crippen LogP contribution is 2.14. The van der Waals surface area contributed by atoms with Crippen LogP contribution in [0.5, 0.6) is 0 Å². The molecule has 0 saturated heterocycles. The second-order valence-electron chi connectivity index (χ2n) is 3.12. The zero-order chi connectivity index (χ0) is 9.90. The van der Waals surface area contributed by atoms with Crippen molar-refractivity contribution in [1.29, 1.82) is 0 Å². The maximum absolute atomic E-state index is 5.32. The van der Waals surface area contributed by atoms with Crippen LogP contribution < -0.4 is 5.32 Å². The van der Waals surface area contributed by atoms with Crippen LogP contribution in [0.2, 0.25) is 0 Å². The molecule has 0 atom stereocenters. The molecule has 0 aliphatic carbocycles. The van der Waals surface area contributed by atoms with Crippen molar-refractivity contribution in [3.05, 3.63) is 17.0 Å². The summed E-state index contributed by atoms with van der Waals surface area (Å²) in [6, 6.07) is 1.78. The molecule has 0 aliphatic heterocycles. The lowest BCUT2D eigenvalue weighted by Crippen LogP contribution is -2.28. The summed E-state index contributed by atoms with van der Waals surface area (Å²) in [5, 5.41) is 3.09. The minimum Gasteiger partial charge on any atom is -0.354 e. The third-order valence-electron chi connectivity index (χ3n) is 1.44. The predicted molar refractivity (Wildman–Crippen MR) is 56.3 cm³/mol. The average molecular weight is 240 g/mol. The molecule has 1 N–H and O–H groups in total. The summed E-state index contributed by atoms with van der Waals surface area (Å²) in [7, 11) is 0. The molecule has 0 amide bonds. The quantitative estimate of drug-likeness (QED) is 0.635. The van der Waals surface area contributed by atoms with Crippen LogP contribution >= 0.6 is 15.9 Å². The lowest BCUT2D eigenvalue weighted by molar-refractivity contribution is 0.735. The second-order valence-corrected chi connectivity index (χ2v) is 3.93. The molecular formula is C9H10BrN3. The molecule has 1 aromatic rings. The van der Waals surface area contributed by atoms with Gasteiger partial charge in [0.15, 0.2) is 0 Å². The molecule has 68 valence electrons. The van der Waals surface area contributed by atoms with Gasteiger partial charge in [-0.05, 0) is 29.8 Å². The summed E-state index contributed by atoms with van der Waals surface area (Å²) in [5.41, 5.74) is -0.395. The minimum absolute atomic E-state index is 0.395. The van der Waals surface area contributed by atoms with Crippen LogP contribution in [0.4, 0.5) is 5.82 Å². The zero-order valence-electron chi connectivity index (χ0n) is 7.50. The molecule has 1 heterocycles. The Hall–Kier alpha value is -1.08. The van der Waals surface area contributed by atoms with E-state index >= 15 is 0 Å². The van der Waals surface area contributed by atoms with Crippen LogP contribution in [0.25, 0.3) is 0 Å². The Morgan fingerprint density at radius 3 is 2.77 bits per heavy atom. The highest BCUT2D eigenvalue weighted by atomic mass is 79.9. The highest BCUT2D eigenvalue weighted by Gasteiger charge is 2.13. The summed E-state index contributed by atoms with van der Waals surface area (Å²) in [6.07, 6.45) is 6.80. The molecular weight excluding hydrogens is 230 g/mol. The van der Waals surface area contributed by atoms with Gasteiger partial charge in [-0.1, -0.05) is 5.92 Å². The third kappa shape index (κ3) is 3.03. The molecule has 0 fully saturated rings. The first-order valence-electron chi connectivity index (χ1n) is 3.77. The summed E-state index contributed by atoms with van der Waals surface area (Å²) < 4.78 is 0.734. The van der Waals surface area contributed by atoms with E-state index in [1.54, 1.807) is 6.07 Å². The van der Waals surface area contributed by atoms with Crippen molar-refractivity contribution in [3.63, 3.8) is 0 Å². The maximum atomic E-state index is 5.32. The van der Waals surface area contributed by atoms with Crippen LogP contribution in [0.1, 0.15) is 13.8 Å². The van der Waals surface area contributed by atoms with Gasteiger partial charge in [-0.25, -0.2) is 9.97 Å². The number of nitrogens with one attached hydrogen (secondary N) is 1. The molecule has 1 rings (SSSR count). The van der Waals surface area contributed by atoms with E-state index in [-0.39, 0.29) is 0 Å². The smallest absolute Gasteiger partial charge is 0.131 e. The Bertz CT molecular complexity index is 341. The van der Waals surface area contributed by atoms with Crippen LogP contribution in [0, 0.1) is 12.3 Å². The van der Waals surface area contributed by atoms with E-state index in [2.05, 4.69) is 37.1 Å². The summed E-state index contributed by atoms with van der Waals surface area (Å²) in [4.78, 5) is 7.93. The van der Waals surface area contributed by atoms with Crippen molar-refractivity contribution in [2.75, 3.05) is 5.32 Å². The largest absolute Gasteiger partial charge is 0.354 e. The molecule has 0 bridgehead atoms. The first-order valence-corrected chi connectivity index (χ1v) is 4.56. The fourth-order valence-corrected chi connectivity index (χ4v) is 1.07. The molecule has 0 aromatic carbocycles. The first-order chi connectivity index (χ1) is 6.03. The Labute approximate surface area is 86.1 Å². The van der Waals surface area contributed by atoms with Crippen molar-refractivity contribution in [1.82, 2.24) is 9.97 Å². The van der Waals surface area contributed by atoms with Gasteiger partial charge in [0.1, 0.15) is 16.7 Å². The summed E-state index contributed by atoms with van der Waals surface area (Å²) in [5.74, 6) is 3.34. The van der Waals surface area contributed by atoms with Crippen LogP contribution in [0.15, 0.2) is 17.0 Å². The van der Waals surface area contributed by atoms with Gasteiger partial charge in [0.05, 0.1) is 5.54 Å². The molecule has 0 unspecified atom stereocenters. The summed E-state index contributed by atoms with van der Waals surface area (Å²) >= 11 is 3.25. The van der Waals surface area contributed by atoms with Crippen LogP contribution in [0.3, 0.4) is 0 Å². The van der Waals surface area contributed by atoms with E-state index in [9.17, 15) is 0 Å². The normalized spacial score (nSPS) is 10.6. The number of hydrogen-bond acceptors (Lipinski definition) is 3. The molecule has 0 saturated carbocycles. The Morgan fingerprint density at radius 2 is 2.23 bits per heavy atom. The number of nitrogens with zero attached hydrogens (tertiary/aromatic N) is 2. The van der Waals surface area contributed by atoms with Gasteiger partial charge in [0.25, 0.3) is 0 Å². The second kappa shape index (κ2) is 3.75. The summed E-state index contributed by atoms with van der Waals surface area (Å²) in [6.45, 7) is 3.81. The number of hydrogen-bond donors (Lipinski definition) is 1. The molecule has 4 heteroatoms. The Balaban J connectivity index is 2.82. The average Bonchev–Trinajstić information content (AvgIpc) is 2.03. The number of anilines is 1. The molecule has 0 radical (unpaired) electrons. The van der Waals surface area contributed by atoms with Crippen LogP contribution in [-0.4, -0.2) is 15.5 Å². The maximum Gasteiger partial charge on any atom is 0.131 e. The molecule has 13 heavy (non-hydrogen) atoms. The number of rotatable bonds is 2. The van der Waals surface area contributed by atoms with E-state index in [4.69, 9.17) is 6.42 Å². The van der Waals surface area contributed by atoms with E-state index in [0.29, 0.717) is 5.82 Å². The topological polar surface area (TPSA) is 37.8 Å². The monoisotopic (exact) mass is 239 g/mol. The first kappa shape index (κ1) is 10.0. The third-order valence-corrected chi connectivity index (χ3v) is 1.87. The van der Waals surface area contributed by atoms with Crippen molar-refractivity contribution < 1.29 is 0 Å². The van der Waals surface area contributed by atoms with Crippen molar-refractivity contribution >= 4 is 21.7 Å². The SMILES string of the molecule is C#CC(C)(C)Nc1cc(Br)ncn1. The Morgan fingerprint density at radius 1 is 1.54 bits per heavy atom. The number of aromatic nitrogens is 2. The van der Waals surface area contributed by atoms with E-state index in [1.807, 2.05) is 13.8 Å². The van der Waals surface area contributed by atoms with Crippen molar-refractivity contribution in [2.24, 2.45) is 0 Å². The zero-order valence-corrected chi connectivity index (χ0v) is 9.09. The number of terminal acetylenes is 1. The molecule has 0 spiro atoms. The van der Waals surface area contributed by atoms with Crippen LogP contribution in [-0.2, 0) is 0 Å². The van der Waals surface area contributed by atoms with Crippen molar-refractivity contribution in [2.45, 2.75) is 19.4 Å². The fraction of sp³-hybridized carbons (Fsp3) is 0.333. The van der Waals surface area contributed by atoms with Gasteiger partial charge < -0.3 is 5.32 Å². The Kier molecular flexibility index (Phi) is 2.89. The van der Waals surface area contributed by atoms with Gasteiger partial charge >= 0.3 is 0 Å². The molecule has 0 aliphatic rings. The predicted octanol–water partition coefficient (Wildman–Crippen LogP) is 2.06. The molecule has 3 nitrogen and oxygen atoms in total. The van der Waals surface area contributed by atoms with E-state index < -0.39 is 5.54 Å². The lowest BCUT2D eigenvalue weighted by Gasteiger charge is -2.19. The van der Waals surface area contributed by atoms with Gasteiger partial charge in [-0.15, -0.1) is 6.42 Å². The van der Waals surface area contributed by atoms with Gasteiger partial charge in [0, 0.05) is 6.07 Å².